The van der Waals surface area contributed by atoms with Gasteiger partial charge in [0.2, 0.25) is 5.91 Å². The number of ether oxygens (including phenoxy) is 1. The molecule has 0 saturated heterocycles. The van der Waals surface area contributed by atoms with Gasteiger partial charge in [-0.15, -0.1) is 12.4 Å². The largest absolute Gasteiger partial charge is 0.383 e. The first kappa shape index (κ1) is 17.2. The summed E-state index contributed by atoms with van der Waals surface area (Å²) in [5.41, 5.74) is 6.60. The topological polar surface area (TPSA) is 64.3 Å². The Balaban J connectivity index is 0.00000289. The SMILES string of the molecule is COCC(N)C(=O)NC(C)c1ccc(Cl)cc1.Cl. The van der Waals surface area contributed by atoms with Crippen LogP contribution in [0.25, 0.3) is 0 Å². The van der Waals surface area contributed by atoms with E-state index in [1.807, 2.05) is 19.1 Å². The Bertz CT molecular complexity index is 371. The lowest BCUT2D eigenvalue weighted by Gasteiger charge is -2.17. The van der Waals surface area contributed by atoms with Crippen molar-refractivity contribution in [1.29, 1.82) is 0 Å². The van der Waals surface area contributed by atoms with E-state index in [9.17, 15) is 4.79 Å². The van der Waals surface area contributed by atoms with Crippen molar-refractivity contribution in [3.63, 3.8) is 0 Å². The fraction of sp³-hybridized carbons (Fsp3) is 0.417. The number of benzene rings is 1. The molecule has 6 heteroatoms. The molecule has 0 aliphatic heterocycles. The maximum Gasteiger partial charge on any atom is 0.239 e. The molecule has 1 aromatic carbocycles. The fourth-order valence-electron chi connectivity index (χ4n) is 1.41. The number of hydrogen-bond acceptors (Lipinski definition) is 3. The summed E-state index contributed by atoms with van der Waals surface area (Å²) in [5, 5.41) is 3.48. The van der Waals surface area contributed by atoms with E-state index >= 15 is 0 Å². The maximum atomic E-state index is 11.6. The summed E-state index contributed by atoms with van der Waals surface area (Å²) in [6, 6.07) is 6.56. The first-order valence-corrected chi connectivity index (χ1v) is 5.72. The molecule has 1 aromatic rings. The minimum absolute atomic E-state index is 0. The van der Waals surface area contributed by atoms with Crippen LogP contribution in [0.2, 0.25) is 5.02 Å². The standard InChI is InChI=1S/C12H17ClN2O2.ClH/c1-8(9-3-5-10(13)6-4-9)15-12(16)11(14)7-17-2;/h3-6,8,11H,7,14H2,1-2H3,(H,15,16);1H. The summed E-state index contributed by atoms with van der Waals surface area (Å²) in [4.78, 5) is 11.6. The van der Waals surface area contributed by atoms with Gasteiger partial charge in [0, 0.05) is 12.1 Å². The van der Waals surface area contributed by atoms with Gasteiger partial charge in [0.05, 0.1) is 12.6 Å². The second-order valence-electron chi connectivity index (χ2n) is 3.84. The molecule has 0 fully saturated rings. The number of nitrogens with one attached hydrogen (secondary N) is 1. The molecule has 102 valence electrons. The number of carbonyl (C=O) groups excluding carboxylic acids is 1. The Kier molecular flexibility index (Phi) is 7.95. The van der Waals surface area contributed by atoms with Gasteiger partial charge in [-0.3, -0.25) is 4.79 Å². The summed E-state index contributed by atoms with van der Waals surface area (Å²) in [7, 11) is 1.51. The van der Waals surface area contributed by atoms with E-state index in [-0.39, 0.29) is 31.0 Å². The minimum atomic E-state index is -0.644. The zero-order chi connectivity index (χ0) is 12.8. The van der Waals surface area contributed by atoms with E-state index in [4.69, 9.17) is 22.1 Å². The van der Waals surface area contributed by atoms with Gasteiger partial charge in [0.15, 0.2) is 0 Å². The Morgan fingerprint density at radius 1 is 1.44 bits per heavy atom. The van der Waals surface area contributed by atoms with Crippen LogP contribution in [0, 0.1) is 0 Å². The van der Waals surface area contributed by atoms with Crippen molar-refractivity contribution in [2.45, 2.75) is 19.0 Å². The summed E-state index contributed by atoms with van der Waals surface area (Å²) in [5.74, 6) is -0.227. The molecule has 0 aromatic heterocycles. The lowest BCUT2D eigenvalue weighted by atomic mass is 10.1. The second-order valence-corrected chi connectivity index (χ2v) is 4.28. The highest BCUT2D eigenvalue weighted by atomic mass is 35.5. The highest BCUT2D eigenvalue weighted by Gasteiger charge is 2.16. The molecule has 1 amide bonds. The third-order valence-corrected chi connectivity index (χ3v) is 2.66. The summed E-state index contributed by atoms with van der Waals surface area (Å²) in [6.45, 7) is 2.10. The minimum Gasteiger partial charge on any atom is -0.383 e. The van der Waals surface area contributed by atoms with Gasteiger partial charge in [0.1, 0.15) is 6.04 Å². The highest BCUT2D eigenvalue weighted by Crippen LogP contribution is 2.15. The van der Waals surface area contributed by atoms with Gasteiger partial charge in [-0.25, -0.2) is 0 Å². The van der Waals surface area contributed by atoms with Gasteiger partial charge in [0.25, 0.3) is 0 Å². The van der Waals surface area contributed by atoms with Crippen molar-refractivity contribution in [1.82, 2.24) is 5.32 Å². The summed E-state index contributed by atoms with van der Waals surface area (Å²) < 4.78 is 4.82. The van der Waals surface area contributed by atoms with Crippen LogP contribution >= 0.6 is 24.0 Å². The lowest BCUT2D eigenvalue weighted by molar-refractivity contribution is -0.124. The molecular formula is C12H18Cl2N2O2. The molecular weight excluding hydrogens is 275 g/mol. The molecule has 0 bridgehead atoms. The summed E-state index contributed by atoms with van der Waals surface area (Å²) in [6.07, 6.45) is 0. The van der Waals surface area contributed by atoms with Crippen LogP contribution < -0.4 is 11.1 Å². The molecule has 1 rings (SSSR count). The van der Waals surface area contributed by atoms with E-state index < -0.39 is 6.04 Å². The number of nitrogens with two attached hydrogens (primary N) is 1. The van der Waals surface area contributed by atoms with E-state index in [1.54, 1.807) is 12.1 Å². The van der Waals surface area contributed by atoms with E-state index in [2.05, 4.69) is 5.32 Å². The highest BCUT2D eigenvalue weighted by molar-refractivity contribution is 6.30. The fourth-order valence-corrected chi connectivity index (χ4v) is 1.54. The smallest absolute Gasteiger partial charge is 0.239 e. The van der Waals surface area contributed by atoms with Crippen LogP contribution in [0.4, 0.5) is 0 Å². The van der Waals surface area contributed by atoms with E-state index in [0.717, 1.165) is 5.56 Å². The lowest BCUT2D eigenvalue weighted by Crippen LogP contribution is -2.44. The van der Waals surface area contributed by atoms with Crippen LogP contribution in [-0.4, -0.2) is 25.7 Å². The van der Waals surface area contributed by atoms with Crippen LogP contribution in [-0.2, 0) is 9.53 Å². The third kappa shape index (κ3) is 5.23. The predicted octanol–water partition coefficient (Wildman–Crippen LogP) is 1.91. The van der Waals surface area contributed by atoms with E-state index in [1.165, 1.54) is 7.11 Å². The van der Waals surface area contributed by atoms with Gasteiger partial charge < -0.3 is 15.8 Å². The molecule has 2 unspecified atom stereocenters. The Hall–Kier alpha value is -0.810. The van der Waals surface area contributed by atoms with Crippen molar-refractivity contribution < 1.29 is 9.53 Å². The second kappa shape index (κ2) is 8.32. The van der Waals surface area contributed by atoms with Crippen molar-refractivity contribution in [2.75, 3.05) is 13.7 Å². The molecule has 0 aliphatic carbocycles. The quantitative estimate of drug-likeness (QED) is 0.871. The van der Waals surface area contributed by atoms with Crippen molar-refractivity contribution in [3.8, 4) is 0 Å². The molecule has 2 atom stereocenters. The Labute approximate surface area is 118 Å². The number of methoxy groups -OCH3 is 1. The molecule has 0 heterocycles. The molecule has 0 spiro atoms. The molecule has 3 N–H and O–H groups in total. The first-order chi connectivity index (χ1) is 8.04. The first-order valence-electron chi connectivity index (χ1n) is 5.35. The number of carbonyl (C=O) groups is 1. The molecule has 0 saturated carbocycles. The monoisotopic (exact) mass is 292 g/mol. The average Bonchev–Trinajstić information content (AvgIpc) is 2.30. The zero-order valence-corrected chi connectivity index (χ0v) is 11.9. The van der Waals surface area contributed by atoms with Crippen molar-refractivity contribution in [2.24, 2.45) is 5.73 Å². The summed E-state index contributed by atoms with van der Waals surface area (Å²) >= 11 is 5.79. The number of rotatable bonds is 5. The number of amides is 1. The molecule has 0 radical (unpaired) electrons. The van der Waals surface area contributed by atoms with Gasteiger partial charge in [-0.05, 0) is 24.6 Å². The predicted molar refractivity (Wildman–Crippen MR) is 75.1 cm³/mol. The number of hydrogen-bond donors (Lipinski definition) is 2. The maximum absolute atomic E-state index is 11.6. The van der Waals surface area contributed by atoms with Crippen LogP contribution in [0.3, 0.4) is 0 Å². The van der Waals surface area contributed by atoms with Crippen LogP contribution in [0.15, 0.2) is 24.3 Å². The molecule has 18 heavy (non-hydrogen) atoms. The molecule has 0 aliphatic rings. The Morgan fingerprint density at radius 3 is 2.50 bits per heavy atom. The normalized spacial score (nSPS) is 13.3. The van der Waals surface area contributed by atoms with Gasteiger partial charge in [-0.2, -0.15) is 0 Å². The van der Waals surface area contributed by atoms with Gasteiger partial charge >= 0.3 is 0 Å². The molecule has 4 nitrogen and oxygen atoms in total. The van der Waals surface area contributed by atoms with Crippen molar-refractivity contribution >= 4 is 29.9 Å². The van der Waals surface area contributed by atoms with Crippen molar-refractivity contribution in [3.05, 3.63) is 34.9 Å². The van der Waals surface area contributed by atoms with E-state index in [0.29, 0.717) is 5.02 Å². The average molecular weight is 293 g/mol. The Morgan fingerprint density at radius 2 is 2.00 bits per heavy atom. The van der Waals surface area contributed by atoms with Crippen LogP contribution in [0.5, 0.6) is 0 Å². The van der Waals surface area contributed by atoms with Gasteiger partial charge in [-0.1, -0.05) is 23.7 Å². The zero-order valence-electron chi connectivity index (χ0n) is 10.4. The third-order valence-electron chi connectivity index (χ3n) is 2.41. The number of halogens is 2. The van der Waals surface area contributed by atoms with Crippen LogP contribution in [0.1, 0.15) is 18.5 Å².